The van der Waals surface area contributed by atoms with Gasteiger partial charge < -0.3 is 0 Å². The first-order chi connectivity index (χ1) is 11.7. The van der Waals surface area contributed by atoms with Crippen LogP contribution < -0.4 is 5.32 Å². The van der Waals surface area contributed by atoms with E-state index in [4.69, 9.17) is 4.84 Å². The smallest absolute Gasteiger partial charge is 0.298 e. The highest BCUT2D eigenvalue weighted by atomic mass is 32.1. The number of hydrogen-bond acceptors (Lipinski definition) is 4. The maximum absolute atomic E-state index is 11.7. The van der Waals surface area contributed by atoms with E-state index in [-0.39, 0.29) is 0 Å². The number of benzene rings is 2. The topological polar surface area (TPSA) is 50.7 Å². The van der Waals surface area contributed by atoms with E-state index >= 15 is 0 Å². The Morgan fingerprint density at radius 1 is 1.00 bits per heavy atom. The molecule has 0 aliphatic rings. The lowest BCUT2D eigenvalue weighted by Gasteiger charge is -2.04. The van der Waals surface area contributed by atoms with E-state index in [2.05, 4.69) is 21.9 Å². The number of nitrogens with zero attached hydrogens (tertiary/aromatic N) is 1. The Bertz CT molecular complexity index is 826. The third-order valence-corrected chi connectivity index (χ3v) is 4.31. The van der Waals surface area contributed by atoms with Crippen molar-refractivity contribution in [1.82, 2.24) is 0 Å². The van der Waals surface area contributed by atoms with Gasteiger partial charge in [-0.25, -0.2) is 4.79 Å². The number of amides is 1. The van der Waals surface area contributed by atoms with Crippen LogP contribution in [-0.2, 0) is 4.84 Å². The van der Waals surface area contributed by atoms with E-state index < -0.39 is 6.09 Å². The zero-order valence-corrected chi connectivity index (χ0v) is 13.9. The van der Waals surface area contributed by atoms with Gasteiger partial charge in [0.2, 0.25) is 0 Å². The molecule has 0 radical (unpaired) electrons. The van der Waals surface area contributed by atoms with Crippen LogP contribution in [0.5, 0.6) is 0 Å². The van der Waals surface area contributed by atoms with Crippen molar-refractivity contribution in [2.24, 2.45) is 5.16 Å². The second-order valence-corrected chi connectivity index (χ2v) is 6.05. The average Bonchev–Trinajstić information content (AvgIpc) is 3.15. The summed E-state index contributed by atoms with van der Waals surface area (Å²) < 4.78 is 0. The molecular formula is C19H16N2O2S. The van der Waals surface area contributed by atoms with Crippen molar-refractivity contribution in [3.8, 4) is 10.4 Å². The van der Waals surface area contributed by atoms with Crippen molar-refractivity contribution in [1.29, 1.82) is 0 Å². The van der Waals surface area contributed by atoms with Gasteiger partial charge in [-0.1, -0.05) is 53.7 Å². The molecule has 2 aromatic carbocycles. The average molecular weight is 336 g/mol. The quantitative estimate of drug-likeness (QED) is 0.394. The normalized spacial score (nSPS) is 11.1. The van der Waals surface area contributed by atoms with Gasteiger partial charge in [-0.05, 0) is 41.6 Å². The van der Waals surface area contributed by atoms with Crippen LogP contribution in [-0.4, -0.2) is 11.8 Å². The molecule has 0 atom stereocenters. The monoisotopic (exact) mass is 336 g/mol. The van der Waals surface area contributed by atoms with Crippen LogP contribution in [0.3, 0.4) is 0 Å². The molecule has 24 heavy (non-hydrogen) atoms. The molecule has 1 aromatic heterocycles. The Balaban J connectivity index is 1.62. The highest BCUT2D eigenvalue weighted by molar-refractivity contribution is 7.13. The third-order valence-electron chi connectivity index (χ3n) is 3.39. The fourth-order valence-electron chi connectivity index (χ4n) is 2.14. The minimum atomic E-state index is -0.615. The van der Waals surface area contributed by atoms with Gasteiger partial charge in [-0.3, -0.25) is 10.2 Å². The van der Waals surface area contributed by atoms with Crippen LogP contribution in [0, 0.1) is 0 Å². The molecule has 0 fully saturated rings. The van der Waals surface area contributed by atoms with Gasteiger partial charge in [-0.2, -0.15) is 0 Å². The molecule has 120 valence electrons. The number of carbonyl (C=O) groups excluding carboxylic acids is 1. The van der Waals surface area contributed by atoms with Gasteiger partial charge in [-0.15, -0.1) is 11.3 Å². The van der Waals surface area contributed by atoms with E-state index in [0.717, 1.165) is 11.1 Å². The van der Waals surface area contributed by atoms with Gasteiger partial charge >= 0.3 is 6.09 Å². The van der Waals surface area contributed by atoms with Crippen molar-refractivity contribution in [3.05, 3.63) is 77.7 Å². The number of thiophene rings is 1. The van der Waals surface area contributed by atoms with Crippen LogP contribution in [0.4, 0.5) is 10.5 Å². The van der Waals surface area contributed by atoms with E-state index in [0.29, 0.717) is 11.4 Å². The van der Waals surface area contributed by atoms with E-state index in [9.17, 15) is 4.79 Å². The highest BCUT2D eigenvalue weighted by Crippen LogP contribution is 2.24. The fraction of sp³-hybridized carbons (Fsp3) is 0.0526. The Labute approximate surface area is 144 Å². The minimum absolute atomic E-state index is 0.615. The second kappa shape index (κ2) is 7.57. The summed E-state index contributed by atoms with van der Waals surface area (Å²) in [5, 5.41) is 8.55. The Morgan fingerprint density at radius 2 is 1.75 bits per heavy atom. The van der Waals surface area contributed by atoms with Crippen molar-refractivity contribution >= 4 is 28.8 Å². The summed E-state index contributed by atoms with van der Waals surface area (Å²) in [5.41, 5.74) is 3.36. The molecule has 4 nitrogen and oxygen atoms in total. The fourth-order valence-corrected chi connectivity index (χ4v) is 2.88. The predicted octanol–water partition coefficient (Wildman–Crippen LogP) is 5.39. The standard InChI is InChI=1S/C19H16N2O2S/c1-14(21-23-19(22)20-17-6-3-2-4-7-17)15-9-11-16(12-10-15)18-8-5-13-24-18/h2-13H,1H3,(H,20,22)/b21-14-. The summed E-state index contributed by atoms with van der Waals surface area (Å²) in [5.74, 6) is 0. The van der Waals surface area contributed by atoms with Crippen molar-refractivity contribution in [2.45, 2.75) is 6.92 Å². The largest absolute Gasteiger partial charge is 0.437 e. The Morgan fingerprint density at radius 3 is 2.42 bits per heavy atom. The Kier molecular flexibility index (Phi) is 5.03. The summed E-state index contributed by atoms with van der Waals surface area (Å²) in [4.78, 5) is 17.8. The molecule has 1 heterocycles. The van der Waals surface area contributed by atoms with Gasteiger partial charge in [0.15, 0.2) is 0 Å². The molecule has 0 aliphatic carbocycles. The molecule has 5 heteroatoms. The number of nitrogens with one attached hydrogen (secondary N) is 1. The lowest BCUT2D eigenvalue weighted by molar-refractivity contribution is 0.166. The van der Waals surface area contributed by atoms with Crippen LogP contribution in [0.1, 0.15) is 12.5 Å². The van der Waals surface area contributed by atoms with Crippen LogP contribution >= 0.6 is 11.3 Å². The number of rotatable bonds is 4. The molecule has 0 aliphatic heterocycles. The SMILES string of the molecule is C/C(=N/OC(=O)Nc1ccccc1)c1ccc(-c2cccs2)cc1. The van der Waals surface area contributed by atoms with Crippen LogP contribution in [0.2, 0.25) is 0 Å². The number of hydrogen-bond donors (Lipinski definition) is 1. The van der Waals surface area contributed by atoms with Crippen LogP contribution in [0.15, 0.2) is 77.3 Å². The van der Waals surface area contributed by atoms with E-state index in [1.165, 1.54) is 4.88 Å². The maximum Gasteiger partial charge on any atom is 0.437 e. The van der Waals surface area contributed by atoms with Crippen molar-refractivity contribution in [2.75, 3.05) is 5.32 Å². The van der Waals surface area contributed by atoms with Gasteiger partial charge in [0.05, 0.1) is 5.71 Å². The second-order valence-electron chi connectivity index (χ2n) is 5.10. The maximum atomic E-state index is 11.7. The first-order valence-electron chi connectivity index (χ1n) is 7.44. The number of carbonyl (C=O) groups is 1. The molecule has 1 N–H and O–H groups in total. The van der Waals surface area contributed by atoms with Gasteiger partial charge in [0.25, 0.3) is 0 Å². The molecule has 0 bridgehead atoms. The molecular weight excluding hydrogens is 320 g/mol. The number of oxime groups is 1. The van der Waals surface area contributed by atoms with Crippen LogP contribution in [0.25, 0.3) is 10.4 Å². The Hall–Kier alpha value is -2.92. The first-order valence-corrected chi connectivity index (χ1v) is 8.32. The van der Waals surface area contributed by atoms with Crippen molar-refractivity contribution < 1.29 is 9.63 Å². The lowest BCUT2D eigenvalue weighted by Crippen LogP contribution is -2.11. The summed E-state index contributed by atoms with van der Waals surface area (Å²) in [6.45, 7) is 1.80. The summed E-state index contributed by atoms with van der Waals surface area (Å²) in [6, 6.07) is 21.2. The lowest BCUT2D eigenvalue weighted by atomic mass is 10.1. The molecule has 0 saturated carbocycles. The molecule has 1 amide bonds. The number of anilines is 1. The predicted molar refractivity (Wildman–Crippen MR) is 98.5 cm³/mol. The van der Waals surface area contributed by atoms with Crippen molar-refractivity contribution in [3.63, 3.8) is 0 Å². The van der Waals surface area contributed by atoms with Gasteiger partial charge in [0, 0.05) is 10.6 Å². The zero-order chi connectivity index (χ0) is 16.8. The van der Waals surface area contributed by atoms with E-state index in [1.807, 2.05) is 48.5 Å². The molecule has 3 aromatic rings. The molecule has 0 unspecified atom stereocenters. The van der Waals surface area contributed by atoms with Gasteiger partial charge in [0.1, 0.15) is 0 Å². The summed E-state index contributed by atoms with van der Waals surface area (Å²) >= 11 is 1.70. The summed E-state index contributed by atoms with van der Waals surface area (Å²) in [7, 11) is 0. The number of para-hydroxylation sites is 1. The first kappa shape index (κ1) is 16.0. The highest BCUT2D eigenvalue weighted by Gasteiger charge is 2.05. The molecule has 0 spiro atoms. The third kappa shape index (κ3) is 4.08. The van der Waals surface area contributed by atoms with E-state index in [1.54, 1.807) is 30.4 Å². The zero-order valence-electron chi connectivity index (χ0n) is 13.1. The minimum Gasteiger partial charge on any atom is -0.298 e. The molecule has 0 saturated heterocycles. The molecule has 3 rings (SSSR count). The summed E-state index contributed by atoms with van der Waals surface area (Å²) in [6.07, 6.45) is -0.615.